The molecule has 0 saturated heterocycles. The maximum atomic E-state index is 5.98. The quantitative estimate of drug-likeness (QED) is 0.833. The van der Waals surface area contributed by atoms with Gasteiger partial charge in [0.15, 0.2) is 0 Å². The van der Waals surface area contributed by atoms with Crippen LogP contribution in [-0.4, -0.2) is 6.61 Å². The number of hydrogen-bond donors (Lipinski definition) is 1. The van der Waals surface area contributed by atoms with Gasteiger partial charge in [-0.3, -0.25) is 0 Å². The molecule has 2 rings (SSSR count). The lowest BCUT2D eigenvalue weighted by molar-refractivity contribution is 0.341. The van der Waals surface area contributed by atoms with Crippen molar-refractivity contribution in [1.82, 2.24) is 0 Å². The Morgan fingerprint density at radius 1 is 1.12 bits per heavy atom. The van der Waals surface area contributed by atoms with E-state index in [0.717, 1.165) is 16.9 Å². The molecule has 0 spiro atoms. The molecule has 0 radical (unpaired) electrons. The molecule has 0 saturated carbocycles. The van der Waals surface area contributed by atoms with E-state index in [0.29, 0.717) is 17.3 Å². The highest BCUT2D eigenvalue weighted by molar-refractivity contribution is 6.31. The molecule has 0 aliphatic heterocycles. The highest BCUT2D eigenvalue weighted by Gasteiger charge is 2.08. The molecule has 88 valence electrons. The Labute approximate surface area is 106 Å². The van der Waals surface area contributed by atoms with E-state index in [2.05, 4.69) is 0 Å². The summed E-state index contributed by atoms with van der Waals surface area (Å²) < 4.78 is 5.59. The SMILES string of the molecule is CCOc1ccccc1-c1ccc(Cl)cc1N. The number of anilines is 1. The molecule has 0 heterocycles. The van der Waals surface area contributed by atoms with Crippen LogP contribution >= 0.6 is 11.6 Å². The van der Waals surface area contributed by atoms with Crippen LogP contribution in [0.1, 0.15) is 6.92 Å². The van der Waals surface area contributed by atoms with Gasteiger partial charge in [0, 0.05) is 21.8 Å². The normalized spacial score (nSPS) is 10.2. The minimum absolute atomic E-state index is 0.629. The van der Waals surface area contributed by atoms with Crippen molar-refractivity contribution >= 4 is 17.3 Å². The van der Waals surface area contributed by atoms with E-state index >= 15 is 0 Å². The summed E-state index contributed by atoms with van der Waals surface area (Å²) in [6, 6.07) is 13.3. The molecular formula is C14H14ClNO. The van der Waals surface area contributed by atoms with Crippen LogP contribution in [0.15, 0.2) is 42.5 Å². The zero-order chi connectivity index (χ0) is 12.3. The average molecular weight is 248 g/mol. The first kappa shape index (κ1) is 11.8. The molecule has 0 unspecified atom stereocenters. The number of para-hydroxylation sites is 1. The second-order valence-electron chi connectivity index (χ2n) is 3.66. The molecule has 17 heavy (non-hydrogen) atoms. The van der Waals surface area contributed by atoms with Gasteiger partial charge >= 0.3 is 0 Å². The zero-order valence-electron chi connectivity index (χ0n) is 9.61. The third-order valence-electron chi connectivity index (χ3n) is 2.49. The maximum Gasteiger partial charge on any atom is 0.127 e. The number of rotatable bonds is 3. The van der Waals surface area contributed by atoms with Gasteiger partial charge in [-0.1, -0.05) is 35.9 Å². The van der Waals surface area contributed by atoms with Crippen LogP contribution in [0.2, 0.25) is 5.02 Å². The first-order valence-corrected chi connectivity index (χ1v) is 5.87. The van der Waals surface area contributed by atoms with E-state index in [4.69, 9.17) is 22.1 Å². The van der Waals surface area contributed by atoms with Gasteiger partial charge in [-0.15, -0.1) is 0 Å². The monoisotopic (exact) mass is 247 g/mol. The number of nitrogens with two attached hydrogens (primary N) is 1. The van der Waals surface area contributed by atoms with Gasteiger partial charge in [-0.25, -0.2) is 0 Å². The second kappa shape index (κ2) is 5.11. The van der Waals surface area contributed by atoms with Crippen LogP contribution in [-0.2, 0) is 0 Å². The number of benzene rings is 2. The summed E-state index contributed by atoms with van der Waals surface area (Å²) >= 11 is 5.89. The largest absolute Gasteiger partial charge is 0.493 e. The number of ether oxygens (including phenoxy) is 1. The third-order valence-corrected chi connectivity index (χ3v) is 2.73. The third kappa shape index (κ3) is 2.53. The zero-order valence-corrected chi connectivity index (χ0v) is 10.4. The van der Waals surface area contributed by atoms with Crippen LogP contribution in [0.4, 0.5) is 5.69 Å². The van der Waals surface area contributed by atoms with Gasteiger partial charge in [0.05, 0.1) is 6.61 Å². The Kier molecular flexibility index (Phi) is 3.55. The van der Waals surface area contributed by atoms with Crippen LogP contribution in [0.25, 0.3) is 11.1 Å². The van der Waals surface area contributed by atoms with Crippen molar-refractivity contribution in [3.8, 4) is 16.9 Å². The van der Waals surface area contributed by atoms with Crippen molar-refractivity contribution in [1.29, 1.82) is 0 Å². The molecule has 3 heteroatoms. The first-order valence-electron chi connectivity index (χ1n) is 5.49. The number of halogens is 1. The Balaban J connectivity index is 2.52. The molecule has 2 N–H and O–H groups in total. The van der Waals surface area contributed by atoms with Crippen molar-refractivity contribution in [3.63, 3.8) is 0 Å². The highest BCUT2D eigenvalue weighted by atomic mass is 35.5. The molecule has 0 aliphatic carbocycles. The molecule has 0 amide bonds. The smallest absolute Gasteiger partial charge is 0.127 e. The lowest BCUT2D eigenvalue weighted by atomic mass is 10.0. The number of hydrogen-bond acceptors (Lipinski definition) is 2. The van der Waals surface area contributed by atoms with Crippen LogP contribution in [0.5, 0.6) is 5.75 Å². The van der Waals surface area contributed by atoms with Gasteiger partial charge in [-0.05, 0) is 25.1 Å². The molecular weight excluding hydrogens is 234 g/mol. The predicted molar refractivity (Wildman–Crippen MR) is 72.5 cm³/mol. The van der Waals surface area contributed by atoms with Gasteiger partial charge in [0.2, 0.25) is 0 Å². The first-order chi connectivity index (χ1) is 8.22. The molecule has 2 aromatic rings. The Morgan fingerprint density at radius 2 is 1.88 bits per heavy atom. The molecule has 2 nitrogen and oxygen atoms in total. The van der Waals surface area contributed by atoms with Gasteiger partial charge < -0.3 is 10.5 Å². The topological polar surface area (TPSA) is 35.2 Å². The summed E-state index contributed by atoms with van der Waals surface area (Å²) in [5, 5.41) is 0.639. The van der Waals surface area contributed by atoms with Crippen molar-refractivity contribution in [3.05, 3.63) is 47.5 Å². The maximum absolute atomic E-state index is 5.98. The summed E-state index contributed by atoms with van der Waals surface area (Å²) in [7, 11) is 0. The minimum Gasteiger partial charge on any atom is -0.493 e. The lowest BCUT2D eigenvalue weighted by Gasteiger charge is -2.12. The van der Waals surface area contributed by atoms with Gasteiger partial charge in [-0.2, -0.15) is 0 Å². The Bertz CT molecular complexity index is 525. The van der Waals surface area contributed by atoms with Crippen molar-refractivity contribution < 1.29 is 4.74 Å². The van der Waals surface area contributed by atoms with Crippen molar-refractivity contribution in [2.45, 2.75) is 6.92 Å². The molecule has 0 atom stereocenters. The average Bonchev–Trinajstić information content (AvgIpc) is 2.31. The van der Waals surface area contributed by atoms with Crippen molar-refractivity contribution in [2.75, 3.05) is 12.3 Å². The minimum atomic E-state index is 0.629. The van der Waals surface area contributed by atoms with E-state index in [1.54, 1.807) is 6.07 Å². The molecule has 0 aliphatic rings. The highest BCUT2D eigenvalue weighted by Crippen LogP contribution is 2.34. The van der Waals surface area contributed by atoms with E-state index in [-0.39, 0.29) is 0 Å². The molecule has 0 fully saturated rings. The Morgan fingerprint density at radius 3 is 2.59 bits per heavy atom. The summed E-state index contributed by atoms with van der Waals surface area (Å²) in [4.78, 5) is 0. The fourth-order valence-electron chi connectivity index (χ4n) is 1.75. The van der Waals surface area contributed by atoms with E-state index in [1.807, 2.05) is 43.3 Å². The van der Waals surface area contributed by atoms with Crippen LogP contribution in [0, 0.1) is 0 Å². The predicted octanol–water partition coefficient (Wildman–Crippen LogP) is 3.99. The summed E-state index contributed by atoms with van der Waals surface area (Å²) in [5.74, 6) is 0.837. The molecule has 2 aromatic carbocycles. The summed E-state index contributed by atoms with van der Waals surface area (Å²) in [6.07, 6.45) is 0. The summed E-state index contributed by atoms with van der Waals surface area (Å²) in [5.41, 5.74) is 8.57. The fourth-order valence-corrected chi connectivity index (χ4v) is 1.93. The standard InChI is InChI=1S/C14H14ClNO/c1-2-17-14-6-4-3-5-12(14)11-8-7-10(15)9-13(11)16/h3-9H,2,16H2,1H3. The fraction of sp³-hybridized carbons (Fsp3) is 0.143. The number of nitrogen functional groups attached to an aromatic ring is 1. The lowest BCUT2D eigenvalue weighted by Crippen LogP contribution is -1.96. The second-order valence-corrected chi connectivity index (χ2v) is 4.10. The summed E-state index contributed by atoms with van der Waals surface area (Å²) in [6.45, 7) is 2.59. The van der Waals surface area contributed by atoms with Crippen LogP contribution in [0.3, 0.4) is 0 Å². The Hall–Kier alpha value is -1.67. The van der Waals surface area contributed by atoms with Crippen LogP contribution < -0.4 is 10.5 Å². The van der Waals surface area contributed by atoms with E-state index in [1.165, 1.54) is 0 Å². The van der Waals surface area contributed by atoms with E-state index < -0.39 is 0 Å². The van der Waals surface area contributed by atoms with Gasteiger partial charge in [0.25, 0.3) is 0 Å². The van der Waals surface area contributed by atoms with E-state index in [9.17, 15) is 0 Å². The molecule has 0 bridgehead atoms. The molecule has 0 aromatic heterocycles. The van der Waals surface area contributed by atoms with Crippen molar-refractivity contribution in [2.24, 2.45) is 0 Å². The van der Waals surface area contributed by atoms with Gasteiger partial charge in [0.1, 0.15) is 5.75 Å².